The molecule has 0 nitrogen and oxygen atoms in total. The standard InChI is InChI=1S/C10H23PSi2/c1-11-9(12(2,3)4)8-10(11)13(5,6)7/h8-9H,1-7H3. The van der Waals surface area contributed by atoms with E-state index in [2.05, 4.69) is 52.0 Å². The third-order valence-corrected chi connectivity index (χ3v) is 14.9. The van der Waals surface area contributed by atoms with E-state index < -0.39 is 16.1 Å². The summed E-state index contributed by atoms with van der Waals surface area (Å²) in [4.78, 5) is 1.88. The van der Waals surface area contributed by atoms with Gasteiger partial charge in [0, 0.05) is 0 Å². The van der Waals surface area contributed by atoms with Crippen LogP contribution in [0.25, 0.3) is 0 Å². The molecular formula is C10H23PSi2. The van der Waals surface area contributed by atoms with E-state index in [0.29, 0.717) is 0 Å². The van der Waals surface area contributed by atoms with Gasteiger partial charge < -0.3 is 0 Å². The summed E-state index contributed by atoms with van der Waals surface area (Å²) in [5, 5.41) is 1.02. The molecule has 0 spiro atoms. The van der Waals surface area contributed by atoms with Gasteiger partial charge in [-0.25, -0.2) is 0 Å². The number of hydrogen-bond acceptors (Lipinski definition) is 0. The Hall–Kier alpha value is 0.604. The third-order valence-electron chi connectivity index (χ3n) is 2.77. The lowest BCUT2D eigenvalue weighted by Crippen LogP contribution is -2.43. The van der Waals surface area contributed by atoms with Crippen molar-refractivity contribution >= 4 is 24.1 Å². The summed E-state index contributed by atoms with van der Waals surface area (Å²) in [6.45, 7) is 17.5. The summed E-state index contributed by atoms with van der Waals surface area (Å²) in [6.07, 6.45) is 2.64. The van der Waals surface area contributed by atoms with Crippen molar-refractivity contribution in [1.82, 2.24) is 0 Å². The molecule has 0 N–H and O–H groups in total. The number of allylic oxidation sites excluding steroid dienone is 1. The summed E-state index contributed by atoms with van der Waals surface area (Å²) in [5.74, 6) is 0. The van der Waals surface area contributed by atoms with E-state index in [9.17, 15) is 0 Å². The highest BCUT2D eigenvalue weighted by molar-refractivity contribution is 7.70. The van der Waals surface area contributed by atoms with Crippen molar-refractivity contribution < 1.29 is 0 Å². The van der Waals surface area contributed by atoms with Gasteiger partial charge in [0.15, 0.2) is 0 Å². The van der Waals surface area contributed by atoms with Gasteiger partial charge in [-0.3, -0.25) is 0 Å². The SMILES string of the molecule is CP1C([Si](C)(C)C)=CC1[Si](C)(C)C. The molecule has 3 heteroatoms. The molecular weight excluding hydrogens is 207 g/mol. The molecule has 1 aliphatic rings. The fraction of sp³-hybridized carbons (Fsp3) is 0.800. The lowest BCUT2D eigenvalue weighted by atomic mass is 10.7. The largest absolute Gasteiger partial charge is 0.0833 e. The fourth-order valence-electron chi connectivity index (χ4n) is 2.06. The first-order valence-corrected chi connectivity index (χ1v) is 14.0. The minimum absolute atomic E-state index is 0.264. The van der Waals surface area contributed by atoms with E-state index in [4.69, 9.17) is 0 Å². The van der Waals surface area contributed by atoms with Crippen LogP contribution < -0.4 is 0 Å². The molecule has 76 valence electrons. The molecule has 0 bridgehead atoms. The molecule has 0 amide bonds. The minimum atomic E-state index is -0.945. The van der Waals surface area contributed by atoms with Crippen molar-refractivity contribution in [2.45, 2.75) is 44.6 Å². The molecule has 1 rings (SSSR count). The molecule has 0 saturated carbocycles. The predicted octanol–water partition coefficient (Wildman–Crippen LogP) is 4.12. The highest BCUT2D eigenvalue weighted by Crippen LogP contribution is 2.61. The topological polar surface area (TPSA) is 0 Å². The zero-order chi connectivity index (χ0) is 10.4. The number of rotatable bonds is 2. The van der Waals surface area contributed by atoms with Crippen molar-refractivity contribution in [2.75, 3.05) is 6.66 Å². The highest BCUT2D eigenvalue weighted by Gasteiger charge is 2.42. The minimum Gasteiger partial charge on any atom is -0.0833 e. The van der Waals surface area contributed by atoms with Crippen LogP contribution in [0.4, 0.5) is 0 Å². The van der Waals surface area contributed by atoms with Crippen LogP contribution in [0.5, 0.6) is 0 Å². The fourth-order valence-corrected chi connectivity index (χ4v) is 14.7. The first-order chi connectivity index (χ1) is 5.64. The quantitative estimate of drug-likeness (QED) is 0.494. The van der Waals surface area contributed by atoms with E-state index >= 15 is 0 Å². The molecule has 2 unspecified atom stereocenters. The van der Waals surface area contributed by atoms with Gasteiger partial charge in [-0.2, -0.15) is 0 Å². The molecule has 0 aliphatic carbocycles. The van der Waals surface area contributed by atoms with Gasteiger partial charge in [-0.1, -0.05) is 58.2 Å². The lowest BCUT2D eigenvalue weighted by Gasteiger charge is -2.46. The van der Waals surface area contributed by atoms with Crippen LogP contribution in [-0.2, 0) is 0 Å². The second-order valence-corrected chi connectivity index (χ2v) is 19.8. The van der Waals surface area contributed by atoms with Gasteiger partial charge in [0.1, 0.15) is 0 Å². The third kappa shape index (κ3) is 2.34. The zero-order valence-corrected chi connectivity index (χ0v) is 13.0. The van der Waals surface area contributed by atoms with Gasteiger partial charge in [0.25, 0.3) is 0 Å². The van der Waals surface area contributed by atoms with Crippen LogP contribution in [-0.4, -0.2) is 28.1 Å². The average molecular weight is 230 g/mol. The van der Waals surface area contributed by atoms with E-state index in [0.717, 1.165) is 5.28 Å². The maximum atomic E-state index is 2.64. The van der Waals surface area contributed by atoms with Crippen LogP contribution in [0.3, 0.4) is 0 Å². The molecule has 2 atom stereocenters. The second-order valence-electron chi connectivity index (χ2n) is 6.22. The highest BCUT2D eigenvalue weighted by atomic mass is 31.1. The first-order valence-electron chi connectivity index (χ1n) is 5.09. The van der Waals surface area contributed by atoms with Crippen molar-refractivity contribution in [3.8, 4) is 0 Å². The van der Waals surface area contributed by atoms with Crippen molar-refractivity contribution in [3.63, 3.8) is 0 Å². The molecule has 0 aromatic carbocycles. The molecule has 1 heterocycles. The van der Waals surface area contributed by atoms with Gasteiger partial charge in [0.05, 0.1) is 16.1 Å². The Morgan fingerprint density at radius 3 is 1.77 bits per heavy atom. The van der Waals surface area contributed by atoms with Gasteiger partial charge >= 0.3 is 0 Å². The van der Waals surface area contributed by atoms with Gasteiger partial charge in [0.2, 0.25) is 0 Å². The zero-order valence-electron chi connectivity index (χ0n) is 10.1. The van der Waals surface area contributed by atoms with E-state index in [1.54, 1.807) is 0 Å². The summed E-state index contributed by atoms with van der Waals surface area (Å²) < 4.78 is 0. The Morgan fingerprint density at radius 2 is 1.54 bits per heavy atom. The Bertz CT molecular complexity index is 232. The average Bonchev–Trinajstić information content (AvgIpc) is 1.77. The monoisotopic (exact) mass is 230 g/mol. The van der Waals surface area contributed by atoms with Crippen molar-refractivity contribution in [3.05, 3.63) is 11.0 Å². The van der Waals surface area contributed by atoms with Crippen LogP contribution >= 0.6 is 7.92 Å². The van der Waals surface area contributed by atoms with Gasteiger partial charge in [-0.15, -0.1) is 0 Å². The summed E-state index contributed by atoms with van der Waals surface area (Å²) in [6, 6.07) is 0. The van der Waals surface area contributed by atoms with E-state index in [1.165, 1.54) is 0 Å². The summed E-state index contributed by atoms with van der Waals surface area (Å²) in [7, 11) is -1.56. The van der Waals surface area contributed by atoms with Crippen LogP contribution in [0.2, 0.25) is 39.3 Å². The van der Waals surface area contributed by atoms with Crippen molar-refractivity contribution in [2.24, 2.45) is 0 Å². The van der Waals surface area contributed by atoms with Crippen LogP contribution in [0, 0.1) is 0 Å². The lowest BCUT2D eigenvalue weighted by molar-refractivity contribution is 1.36. The first kappa shape index (κ1) is 11.7. The second kappa shape index (κ2) is 3.32. The molecule has 0 aromatic heterocycles. The van der Waals surface area contributed by atoms with Crippen molar-refractivity contribution in [1.29, 1.82) is 0 Å². The Labute approximate surface area is 86.6 Å². The summed E-state index contributed by atoms with van der Waals surface area (Å²) >= 11 is 0. The summed E-state index contributed by atoms with van der Waals surface area (Å²) in [5.41, 5.74) is 0. The van der Waals surface area contributed by atoms with E-state index in [-0.39, 0.29) is 7.92 Å². The molecule has 0 radical (unpaired) electrons. The van der Waals surface area contributed by atoms with Crippen LogP contribution in [0.15, 0.2) is 11.0 Å². The maximum absolute atomic E-state index is 2.64. The Kier molecular flexibility index (Phi) is 2.98. The molecule has 0 fully saturated rings. The predicted molar refractivity (Wildman–Crippen MR) is 71.4 cm³/mol. The number of hydrogen-bond donors (Lipinski definition) is 0. The molecule has 13 heavy (non-hydrogen) atoms. The Morgan fingerprint density at radius 1 is 1.08 bits per heavy atom. The normalized spacial score (nSPS) is 29.6. The van der Waals surface area contributed by atoms with Crippen LogP contribution in [0.1, 0.15) is 0 Å². The smallest absolute Gasteiger partial charge is 0.0778 e. The van der Waals surface area contributed by atoms with E-state index in [1.807, 2.05) is 4.94 Å². The van der Waals surface area contributed by atoms with Gasteiger partial charge in [-0.05, 0) is 11.9 Å². The molecule has 0 aromatic rings. The Balaban J connectivity index is 2.80. The molecule has 1 aliphatic heterocycles. The molecule has 0 saturated heterocycles. The maximum Gasteiger partial charge on any atom is 0.0778 e.